The van der Waals surface area contributed by atoms with Gasteiger partial charge in [0.05, 0.1) is 6.42 Å². The van der Waals surface area contributed by atoms with Gasteiger partial charge in [0.15, 0.2) is 0 Å². The third-order valence-corrected chi connectivity index (χ3v) is 2.65. The van der Waals surface area contributed by atoms with Crippen LogP contribution in [0.25, 0.3) is 0 Å². The normalized spacial score (nSPS) is 12.5. The van der Waals surface area contributed by atoms with Crippen LogP contribution in [0.15, 0.2) is 18.2 Å². The van der Waals surface area contributed by atoms with Gasteiger partial charge < -0.3 is 5.11 Å². The summed E-state index contributed by atoms with van der Waals surface area (Å²) in [6, 6.07) is 5.68. The second-order valence-corrected chi connectivity index (χ2v) is 3.91. The van der Waals surface area contributed by atoms with Gasteiger partial charge in [-0.15, -0.1) is 0 Å². The van der Waals surface area contributed by atoms with Crippen LogP contribution >= 0.6 is 11.6 Å². The largest absolute Gasteiger partial charge is 0.481 e. The van der Waals surface area contributed by atoms with Gasteiger partial charge in [-0.3, -0.25) is 4.79 Å². The molecule has 1 aromatic carbocycles. The van der Waals surface area contributed by atoms with E-state index in [4.69, 9.17) is 16.7 Å². The van der Waals surface area contributed by atoms with E-state index in [9.17, 15) is 4.79 Å². The summed E-state index contributed by atoms with van der Waals surface area (Å²) >= 11 is 5.95. The summed E-state index contributed by atoms with van der Waals surface area (Å²) in [7, 11) is 0. The van der Waals surface area contributed by atoms with Crippen molar-refractivity contribution < 1.29 is 9.90 Å². The lowest BCUT2D eigenvalue weighted by Gasteiger charge is -2.10. The molecule has 1 aromatic rings. The SMILES string of the molecule is Cc1ccc(C(C)CC(=O)O)cc1Cl. The van der Waals surface area contributed by atoms with Gasteiger partial charge in [-0.1, -0.05) is 30.7 Å². The molecule has 0 amide bonds. The van der Waals surface area contributed by atoms with Crippen molar-refractivity contribution >= 4 is 17.6 Å². The smallest absolute Gasteiger partial charge is 0.303 e. The number of aliphatic carboxylic acids is 1. The van der Waals surface area contributed by atoms with Crippen LogP contribution in [-0.2, 0) is 4.79 Å². The van der Waals surface area contributed by atoms with E-state index >= 15 is 0 Å². The van der Waals surface area contributed by atoms with E-state index in [0.717, 1.165) is 11.1 Å². The highest BCUT2D eigenvalue weighted by Gasteiger charge is 2.10. The van der Waals surface area contributed by atoms with Gasteiger partial charge >= 0.3 is 5.97 Å². The number of hydrogen-bond donors (Lipinski definition) is 1. The summed E-state index contributed by atoms with van der Waals surface area (Å²) in [6.07, 6.45) is 0.138. The number of benzene rings is 1. The van der Waals surface area contributed by atoms with Gasteiger partial charge in [-0.25, -0.2) is 0 Å². The van der Waals surface area contributed by atoms with Gasteiger partial charge in [-0.2, -0.15) is 0 Å². The molecule has 2 nitrogen and oxygen atoms in total. The topological polar surface area (TPSA) is 37.3 Å². The summed E-state index contributed by atoms with van der Waals surface area (Å²) in [5.41, 5.74) is 1.99. The highest BCUT2D eigenvalue weighted by Crippen LogP contribution is 2.24. The van der Waals surface area contributed by atoms with Gasteiger partial charge in [0.1, 0.15) is 0 Å². The fraction of sp³-hybridized carbons (Fsp3) is 0.364. The molecule has 0 aliphatic rings. The van der Waals surface area contributed by atoms with Crippen molar-refractivity contribution in [3.8, 4) is 0 Å². The Balaban J connectivity index is 2.85. The van der Waals surface area contributed by atoms with Crippen LogP contribution < -0.4 is 0 Å². The van der Waals surface area contributed by atoms with Crippen molar-refractivity contribution in [2.75, 3.05) is 0 Å². The van der Waals surface area contributed by atoms with E-state index in [1.165, 1.54) is 0 Å². The fourth-order valence-electron chi connectivity index (χ4n) is 1.30. The first-order chi connectivity index (χ1) is 6.50. The predicted octanol–water partition coefficient (Wildman–Crippen LogP) is 3.23. The maximum Gasteiger partial charge on any atom is 0.303 e. The Bertz CT molecular complexity index is 347. The van der Waals surface area contributed by atoms with Crippen LogP contribution in [-0.4, -0.2) is 11.1 Å². The minimum atomic E-state index is -0.783. The molecule has 0 saturated carbocycles. The number of hydrogen-bond acceptors (Lipinski definition) is 1. The Morgan fingerprint density at radius 2 is 2.21 bits per heavy atom. The molecular formula is C11H13ClO2. The van der Waals surface area contributed by atoms with E-state index in [2.05, 4.69) is 0 Å². The van der Waals surface area contributed by atoms with Crippen LogP contribution in [0, 0.1) is 6.92 Å². The molecule has 0 aliphatic carbocycles. The van der Waals surface area contributed by atoms with Crippen LogP contribution in [0.4, 0.5) is 0 Å². The Labute approximate surface area is 88.5 Å². The molecule has 0 spiro atoms. The summed E-state index contributed by atoms with van der Waals surface area (Å²) < 4.78 is 0. The van der Waals surface area contributed by atoms with Crippen LogP contribution in [0.1, 0.15) is 30.4 Å². The van der Waals surface area contributed by atoms with Crippen LogP contribution in [0.2, 0.25) is 5.02 Å². The minimum Gasteiger partial charge on any atom is -0.481 e. The lowest BCUT2D eigenvalue weighted by Crippen LogP contribution is -2.02. The summed E-state index contributed by atoms with van der Waals surface area (Å²) in [5, 5.41) is 9.33. The van der Waals surface area contributed by atoms with Crippen molar-refractivity contribution in [3.05, 3.63) is 34.3 Å². The van der Waals surface area contributed by atoms with E-state index < -0.39 is 5.97 Å². The van der Waals surface area contributed by atoms with E-state index in [0.29, 0.717) is 5.02 Å². The molecule has 1 rings (SSSR count). The Hall–Kier alpha value is -1.02. The molecule has 0 saturated heterocycles. The molecule has 0 radical (unpaired) electrons. The molecule has 0 aromatic heterocycles. The third kappa shape index (κ3) is 2.74. The molecule has 0 bridgehead atoms. The number of halogens is 1. The highest BCUT2D eigenvalue weighted by atomic mass is 35.5. The number of aryl methyl sites for hydroxylation is 1. The first-order valence-electron chi connectivity index (χ1n) is 4.48. The van der Waals surface area contributed by atoms with Crippen molar-refractivity contribution in [1.29, 1.82) is 0 Å². The number of carbonyl (C=O) groups is 1. The Morgan fingerprint density at radius 3 is 2.71 bits per heavy atom. The Morgan fingerprint density at radius 1 is 1.57 bits per heavy atom. The van der Waals surface area contributed by atoms with Crippen molar-refractivity contribution in [1.82, 2.24) is 0 Å². The van der Waals surface area contributed by atoms with E-state index in [-0.39, 0.29) is 12.3 Å². The lowest BCUT2D eigenvalue weighted by atomic mass is 9.97. The summed E-state index contributed by atoms with van der Waals surface area (Å²) in [4.78, 5) is 10.5. The zero-order valence-electron chi connectivity index (χ0n) is 8.25. The van der Waals surface area contributed by atoms with Crippen molar-refractivity contribution in [2.45, 2.75) is 26.2 Å². The molecule has 3 heteroatoms. The number of carboxylic acids is 1. The Kier molecular flexibility index (Phi) is 3.53. The summed E-state index contributed by atoms with van der Waals surface area (Å²) in [6.45, 7) is 3.81. The molecule has 1 N–H and O–H groups in total. The second-order valence-electron chi connectivity index (χ2n) is 3.51. The molecular weight excluding hydrogens is 200 g/mol. The average molecular weight is 213 g/mol. The van der Waals surface area contributed by atoms with Gasteiger partial charge in [0.2, 0.25) is 0 Å². The monoisotopic (exact) mass is 212 g/mol. The zero-order chi connectivity index (χ0) is 10.7. The van der Waals surface area contributed by atoms with E-state index in [1.54, 1.807) is 0 Å². The van der Waals surface area contributed by atoms with Gasteiger partial charge in [0.25, 0.3) is 0 Å². The van der Waals surface area contributed by atoms with Crippen molar-refractivity contribution in [2.24, 2.45) is 0 Å². The maximum atomic E-state index is 10.5. The maximum absolute atomic E-state index is 10.5. The number of carboxylic acid groups (broad SMARTS) is 1. The summed E-state index contributed by atoms with van der Waals surface area (Å²) in [5.74, 6) is -0.778. The van der Waals surface area contributed by atoms with Crippen molar-refractivity contribution in [3.63, 3.8) is 0 Å². The average Bonchev–Trinajstić information content (AvgIpc) is 2.08. The second kappa shape index (κ2) is 4.47. The molecule has 1 atom stereocenters. The zero-order valence-corrected chi connectivity index (χ0v) is 9.01. The molecule has 76 valence electrons. The minimum absolute atomic E-state index is 0.00519. The third-order valence-electron chi connectivity index (χ3n) is 2.25. The lowest BCUT2D eigenvalue weighted by molar-refractivity contribution is -0.137. The molecule has 0 fully saturated rings. The molecule has 1 unspecified atom stereocenters. The first kappa shape index (κ1) is 11.1. The first-order valence-corrected chi connectivity index (χ1v) is 4.86. The molecule has 0 aliphatic heterocycles. The van der Waals surface area contributed by atoms with Gasteiger partial charge in [0, 0.05) is 5.02 Å². The highest BCUT2D eigenvalue weighted by molar-refractivity contribution is 6.31. The van der Waals surface area contributed by atoms with Gasteiger partial charge in [-0.05, 0) is 30.0 Å². The quantitative estimate of drug-likeness (QED) is 0.835. The van der Waals surface area contributed by atoms with E-state index in [1.807, 2.05) is 32.0 Å². The van der Waals surface area contributed by atoms with Crippen LogP contribution in [0.5, 0.6) is 0 Å². The number of rotatable bonds is 3. The molecule has 14 heavy (non-hydrogen) atoms. The van der Waals surface area contributed by atoms with Crippen LogP contribution in [0.3, 0.4) is 0 Å². The molecule has 0 heterocycles. The fourth-order valence-corrected chi connectivity index (χ4v) is 1.48. The predicted molar refractivity (Wildman–Crippen MR) is 56.9 cm³/mol. The standard InChI is InChI=1S/C11H13ClO2/c1-7-3-4-9(6-10(7)12)8(2)5-11(13)14/h3-4,6,8H,5H2,1-2H3,(H,13,14).